The Morgan fingerprint density at radius 2 is 2.44 bits per heavy atom. The summed E-state index contributed by atoms with van der Waals surface area (Å²) in [7, 11) is 0. The standard InChI is InChI=1S/C6H11NO2/c1-3-6(9)7(4-2)5-8/h3,8H,1,4-5H2,2H3. The van der Waals surface area contributed by atoms with Crippen molar-refractivity contribution in [2.45, 2.75) is 6.92 Å². The molecule has 0 spiro atoms. The molecule has 0 fully saturated rings. The van der Waals surface area contributed by atoms with Crippen molar-refractivity contribution in [3.05, 3.63) is 12.7 Å². The molecule has 0 heterocycles. The maximum atomic E-state index is 10.6. The van der Waals surface area contributed by atoms with Crippen LogP contribution in [-0.2, 0) is 4.79 Å². The van der Waals surface area contributed by atoms with Crippen LogP contribution in [0, 0.1) is 0 Å². The van der Waals surface area contributed by atoms with Crippen LogP contribution >= 0.6 is 0 Å². The minimum absolute atomic E-state index is 0.235. The van der Waals surface area contributed by atoms with E-state index in [1.165, 1.54) is 11.0 Å². The number of hydrogen-bond donors (Lipinski definition) is 1. The monoisotopic (exact) mass is 129 g/mol. The van der Waals surface area contributed by atoms with E-state index in [9.17, 15) is 4.79 Å². The average molecular weight is 129 g/mol. The van der Waals surface area contributed by atoms with Gasteiger partial charge in [-0.1, -0.05) is 6.58 Å². The second-order valence-electron chi connectivity index (χ2n) is 1.54. The van der Waals surface area contributed by atoms with E-state index in [1.807, 2.05) is 0 Å². The van der Waals surface area contributed by atoms with Crippen molar-refractivity contribution in [3.63, 3.8) is 0 Å². The lowest BCUT2D eigenvalue weighted by Crippen LogP contribution is -2.29. The molecule has 1 amide bonds. The molecule has 0 aliphatic heterocycles. The molecule has 1 N–H and O–H groups in total. The Balaban J connectivity index is 3.78. The number of aliphatic hydroxyl groups excluding tert-OH is 1. The second-order valence-corrected chi connectivity index (χ2v) is 1.54. The maximum absolute atomic E-state index is 10.6. The van der Waals surface area contributed by atoms with Crippen molar-refractivity contribution < 1.29 is 9.90 Å². The molecule has 0 bridgehead atoms. The van der Waals surface area contributed by atoms with Crippen LogP contribution in [0.25, 0.3) is 0 Å². The molecule has 0 radical (unpaired) electrons. The van der Waals surface area contributed by atoms with Gasteiger partial charge in [-0.15, -0.1) is 0 Å². The van der Waals surface area contributed by atoms with Gasteiger partial charge in [-0.05, 0) is 13.0 Å². The summed E-state index contributed by atoms with van der Waals surface area (Å²) in [4.78, 5) is 11.9. The fourth-order valence-corrected chi connectivity index (χ4v) is 0.455. The number of rotatable bonds is 3. The van der Waals surface area contributed by atoms with Gasteiger partial charge in [-0.3, -0.25) is 4.79 Å². The zero-order valence-corrected chi connectivity index (χ0v) is 5.50. The molecule has 0 aromatic rings. The van der Waals surface area contributed by atoms with Crippen LogP contribution in [0.2, 0.25) is 0 Å². The van der Waals surface area contributed by atoms with Crippen LogP contribution in [0.15, 0.2) is 12.7 Å². The lowest BCUT2D eigenvalue weighted by atomic mass is 10.5. The predicted molar refractivity (Wildman–Crippen MR) is 34.7 cm³/mol. The number of likely N-dealkylation sites (N-methyl/N-ethyl adjacent to an activating group) is 1. The topological polar surface area (TPSA) is 40.5 Å². The first-order valence-electron chi connectivity index (χ1n) is 2.78. The van der Waals surface area contributed by atoms with Crippen LogP contribution in [0.1, 0.15) is 6.92 Å². The van der Waals surface area contributed by atoms with E-state index in [1.54, 1.807) is 6.92 Å². The molecule has 52 valence electrons. The van der Waals surface area contributed by atoms with E-state index in [4.69, 9.17) is 5.11 Å². The van der Waals surface area contributed by atoms with Gasteiger partial charge in [0.05, 0.1) is 0 Å². The summed E-state index contributed by atoms with van der Waals surface area (Å²) in [6.07, 6.45) is 1.18. The molecule has 0 aromatic heterocycles. The first-order valence-corrected chi connectivity index (χ1v) is 2.78. The molecule has 0 unspecified atom stereocenters. The first kappa shape index (κ1) is 8.17. The van der Waals surface area contributed by atoms with E-state index >= 15 is 0 Å². The lowest BCUT2D eigenvalue weighted by molar-refractivity contribution is -0.129. The van der Waals surface area contributed by atoms with Gasteiger partial charge in [0.25, 0.3) is 0 Å². The first-order chi connectivity index (χ1) is 4.26. The van der Waals surface area contributed by atoms with Crippen LogP contribution < -0.4 is 0 Å². The SMILES string of the molecule is C=CC(=O)N(CC)CO. The van der Waals surface area contributed by atoms with Gasteiger partial charge in [0.1, 0.15) is 6.73 Å². The molecule has 3 heteroatoms. The van der Waals surface area contributed by atoms with Gasteiger partial charge in [0.2, 0.25) is 5.91 Å². The zero-order valence-electron chi connectivity index (χ0n) is 5.50. The van der Waals surface area contributed by atoms with Gasteiger partial charge in [-0.25, -0.2) is 0 Å². The normalized spacial score (nSPS) is 8.67. The van der Waals surface area contributed by atoms with E-state index in [0.717, 1.165) is 0 Å². The Morgan fingerprint density at radius 1 is 1.89 bits per heavy atom. The third-order valence-corrected chi connectivity index (χ3v) is 1.04. The molecule has 0 aliphatic carbocycles. The summed E-state index contributed by atoms with van der Waals surface area (Å²) in [5.74, 6) is -0.236. The number of aliphatic hydroxyl groups is 1. The molecule has 0 saturated carbocycles. The molecule has 0 rings (SSSR count). The van der Waals surface area contributed by atoms with Crippen LogP contribution in [-0.4, -0.2) is 29.2 Å². The van der Waals surface area contributed by atoms with Crippen molar-refractivity contribution in [1.29, 1.82) is 0 Å². The Morgan fingerprint density at radius 3 is 2.56 bits per heavy atom. The van der Waals surface area contributed by atoms with Crippen LogP contribution in [0.3, 0.4) is 0 Å². The van der Waals surface area contributed by atoms with Crippen molar-refractivity contribution in [1.82, 2.24) is 4.90 Å². The van der Waals surface area contributed by atoms with Crippen molar-refractivity contribution in [2.24, 2.45) is 0 Å². The van der Waals surface area contributed by atoms with Crippen molar-refractivity contribution in [2.75, 3.05) is 13.3 Å². The highest BCUT2D eigenvalue weighted by molar-refractivity contribution is 5.86. The number of carbonyl (C=O) groups excluding carboxylic acids is 1. The fraction of sp³-hybridized carbons (Fsp3) is 0.500. The van der Waals surface area contributed by atoms with Gasteiger partial charge >= 0.3 is 0 Å². The largest absolute Gasteiger partial charge is 0.376 e. The van der Waals surface area contributed by atoms with Crippen molar-refractivity contribution >= 4 is 5.91 Å². The Hall–Kier alpha value is -0.830. The van der Waals surface area contributed by atoms with Crippen molar-refractivity contribution in [3.8, 4) is 0 Å². The predicted octanol–water partition coefficient (Wildman–Crippen LogP) is -0.0293. The van der Waals surface area contributed by atoms with Crippen LogP contribution in [0.5, 0.6) is 0 Å². The molecule has 0 aromatic carbocycles. The highest BCUT2D eigenvalue weighted by atomic mass is 16.3. The van der Waals surface area contributed by atoms with Crippen LogP contribution in [0.4, 0.5) is 0 Å². The Kier molecular flexibility index (Phi) is 3.71. The Labute approximate surface area is 54.6 Å². The average Bonchev–Trinajstić information content (AvgIpc) is 1.90. The maximum Gasteiger partial charge on any atom is 0.247 e. The quantitative estimate of drug-likeness (QED) is 0.429. The zero-order chi connectivity index (χ0) is 7.28. The summed E-state index contributed by atoms with van der Waals surface area (Å²) in [6.45, 7) is 5.34. The highest BCUT2D eigenvalue weighted by Crippen LogP contribution is 1.86. The number of hydrogen-bond acceptors (Lipinski definition) is 2. The van der Waals surface area contributed by atoms with E-state index in [-0.39, 0.29) is 12.6 Å². The Bertz CT molecular complexity index is 108. The minimum atomic E-state index is -0.236. The molecule has 0 aliphatic rings. The molecular weight excluding hydrogens is 118 g/mol. The van der Waals surface area contributed by atoms with E-state index in [0.29, 0.717) is 6.54 Å². The number of amides is 1. The summed E-state index contributed by atoms with van der Waals surface area (Å²) in [5, 5.41) is 8.48. The fourth-order valence-electron chi connectivity index (χ4n) is 0.455. The van der Waals surface area contributed by atoms with Gasteiger partial charge in [0.15, 0.2) is 0 Å². The summed E-state index contributed by atoms with van der Waals surface area (Å²) < 4.78 is 0. The van der Waals surface area contributed by atoms with E-state index in [2.05, 4.69) is 6.58 Å². The molecule has 0 atom stereocenters. The minimum Gasteiger partial charge on any atom is -0.376 e. The smallest absolute Gasteiger partial charge is 0.247 e. The highest BCUT2D eigenvalue weighted by Gasteiger charge is 2.02. The molecular formula is C6H11NO2. The molecule has 9 heavy (non-hydrogen) atoms. The number of nitrogens with zero attached hydrogens (tertiary/aromatic N) is 1. The molecule has 0 saturated heterocycles. The van der Waals surface area contributed by atoms with Gasteiger partial charge in [-0.2, -0.15) is 0 Å². The summed E-state index contributed by atoms with van der Waals surface area (Å²) >= 11 is 0. The third kappa shape index (κ3) is 2.28. The summed E-state index contributed by atoms with van der Waals surface area (Å²) in [6, 6.07) is 0. The second kappa shape index (κ2) is 4.09. The third-order valence-electron chi connectivity index (χ3n) is 1.04. The van der Waals surface area contributed by atoms with Gasteiger partial charge < -0.3 is 10.0 Å². The number of carbonyl (C=O) groups is 1. The van der Waals surface area contributed by atoms with E-state index < -0.39 is 0 Å². The molecule has 3 nitrogen and oxygen atoms in total. The lowest BCUT2D eigenvalue weighted by Gasteiger charge is -2.14. The van der Waals surface area contributed by atoms with Gasteiger partial charge in [0, 0.05) is 6.54 Å². The summed E-state index contributed by atoms with van der Waals surface area (Å²) in [5.41, 5.74) is 0.